The molecule has 0 aromatic heterocycles. The summed E-state index contributed by atoms with van der Waals surface area (Å²) in [6, 6.07) is 8.19. The van der Waals surface area contributed by atoms with Gasteiger partial charge in [0.1, 0.15) is 4.90 Å². The van der Waals surface area contributed by atoms with Gasteiger partial charge in [0.25, 0.3) is 10.0 Å². The number of anilines is 1. The van der Waals surface area contributed by atoms with Crippen LogP contribution in [0.2, 0.25) is 10.0 Å². The van der Waals surface area contributed by atoms with E-state index in [2.05, 4.69) is 36.6 Å². The molecule has 0 amide bonds. The van der Waals surface area contributed by atoms with Crippen LogP contribution in [0, 0.1) is 6.92 Å². The second-order valence-corrected chi connectivity index (χ2v) is 8.42. The first-order valence-corrected chi connectivity index (χ1v) is 9.47. The van der Waals surface area contributed by atoms with E-state index in [9.17, 15) is 8.42 Å². The second-order valence-electron chi connectivity index (χ2n) is 4.22. The summed E-state index contributed by atoms with van der Waals surface area (Å²) < 4.78 is 28.9. The predicted molar refractivity (Wildman–Crippen MR) is 93.8 cm³/mol. The van der Waals surface area contributed by atoms with Gasteiger partial charge in [0, 0.05) is 8.95 Å². The van der Waals surface area contributed by atoms with Gasteiger partial charge >= 0.3 is 0 Å². The molecule has 1 N–H and O–H groups in total. The molecule has 0 radical (unpaired) electrons. The highest BCUT2D eigenvalue weighted by Gasteiger charge is 2.23. The Bertz CT molecular complexity index is 787. The van der Waals surface area contributed by atoms with Crippen LogP contribution in [0.3, 0.4) is 0 Å². The van der Waals surface area contributed by atoms with Gasteiger partial charge in [-0.25, -0.2) is 8.42 Å². The Hall–Kier alpha value is -0.270. The Kier molecular flexibility index (Phi) is 5.26. The van der Waals surface area contributed by atoms with Gasteiger partial charge in [-0.1, -0.05) is 61.1 Å². The molecule has 0 bridgehead atoms. The van der Waals surface area contributed by atoms with Crippen molar-refractivity contribution in [3.8, 4) is 0 Å². The Balaban J connectivity index is 2.51. The van der Waals surface area contributed by atoms with Crippen LogP contribution in [0.25, 0.3) is 0 Å². The largest absolute Gasteiger partial charge is 0.279 e. The van der Waals surface area contributed by atoms with E-state index >= 15 is 0 Å². The van der Waals surface area contributed by atoms with Crippen LogP contribution in [-0.2, 0) is 10.0 Å². The standard InChI is InChI=1S/C13H9Br2Cl2NO2S/c1-7-9(15)3-2-4-12(7)18-21(19,20)13-10(16)5-8(14)6-11(13)17/h2-6,18H,1H3. The number of rotatable bonds is 3. The average molecular weight is 474 g/mol. The predicted octanol–water partition coefficient (Wildman–Crippen LogP) is 5.63. The third kappa shape index (κ3) is 3.74. The van der Waals surface area contributed by atoms with E-state index in [1.165, 1.54) is 12.1 Å². The molecule has 2 rings (SSSR count). The van der Waals surface area contributed by atoms with Crippen molar-refractivity contribution < 1.29 is 8.42 Å². The van der Waals surface area contributed by atoms with Crippen LogP contribution in [0.15, 0.2) is 44.2 Å². The first kappa shape index (κ1) is 17.1. The molecule has 0 aliphatic rings. The zero-order chi connectivity index (χ0) is 15.8. The molecule has 0 saturated heterocycles. The first-order valence-electron chi connectivity index (χ1n) is 5.65. The Morgan fingerprint density at radius 1 is 1.10 bits per heavy atom. The van der Waals surface area contributed by atoms with E-state index in [-0.39, 0.29) is 14.9 Å². The molecule has 0 spiro atoms. The normalized spacial score (nSPS) is 11.5. The highest BCUT2D eigenvalue weighted by Crippen LogP contribution is 2.34. The van der Waals surface area contributed by atoms with Gasteiger partial charge in [-0.05, 0) is 36.8 Å². The second kappa shape index (κ2) is 6.46. The zero-order valence-electron chi connectivity index (χ0n) is 10.6. The van der Waals surface area contributed by atoms with Crippen molar-refractivity contribution in [2.75, 3.05) is 4.72 Å². The van der Waals surface area contributed by atoms with E-state index in [1.54, 1.807) is 19.1 Å². The third-order valence-corrected chi connectivity index (χ3v) is 6.35. The minimum absolute atomic E-state index is 0.0505. The number of hydrogen-bond acceptors (Lipinski definition) is 2. The molecule has 0 saturated carbocycles. The molecule has 0 fully saturated rings. The van der Waals surface area contributed by atoms with Crippen molar-refractivity contribution in [3.05, 3.63) is 54.9 Å². The average Bonchev–Trinajstić information content (AvgIpc) is 2.33. The van der Waals surface area contributed by atoms with E-state index < -0.39 is 10.0 Å². The summed E-state index contributed by atoms with van der Waals surface area (Å²) in [6.07, 6.45) is 0. The van der Waals surface area contributed by atoms with Crippen LogP contribution in [-0.4, -0.2) is 8.42 Å². The number of halogens is 4. The SMILES string of the molecule is Cc1c(Br)cccc1NS(=O)(=O)c1c(Cl)cc(Br)cc1Cl. The highest BCUT2D eigenvalue weighted by atomic mass is 79.9. The van der Waals surface area contributed by atoms with E-state index in [0.717, 1.165) is 10.0 Å². The van der Waals surface area contributed by atoms with Gasteiger partial charge in [0.15, 0.2) is 0 Å². The number of benzene rings is 2. The van der Waals surface area contributed by atoms with Crippen molar-refractivity contribution in [1.29, 1.82) is 0 Å². The number of hydrogen-bond donors (Lipinski definition) is 1. The summed E-state index contributed by atoms with van der Waals surface area (Å²) >= 11 is 18.6. The Labute approximate surface area is 150 Å². The van der Waals surface area contributed by atoms with E-state index in [4.69, 9.17) is 23.2 Å². The fraction of sp³-hybridized carbons (Fsp3) is 0.0769. The van der Waals surface area contributed by atoms with Gasteiger partial charge in [-0.3, -0.25) is 4.72 Å². The first-order chi connectivity index (χ1) is 9.72. The minimum Gasteiger partial charge on any atom is -0.279 e. The molecule has 0 aliphatic carbocycles. The summed E-state index contributed by atoms with van der Waals surface area (Å²) in [4.78, 5) is -0.145. The van der Waals surface area contributed by atoms with Gasteiger partial charge in [0.05, 0.1) is 15.7 Å². The topological polar surface area (TPSA) is 46.2 Å². The summed E-state index contributed by atoms with van der Waals surface area (Å²) in [7, 11) is -3.89. The monoisotopic (exact) mass is 471 g/mol. The summed E-state index contributed by atoms with van der Waals surface area (Å²) in [5.41, 5.74) is 1.23. The lowest BCUT2D eigenvalue weighted by Crippen LogP contribution is -2.15. The van der Waals surface area contributed by atoms with Gasteiger partial charge in [0.2, 0.25) is 0 Å². The van der Waals surface area contributed by atoms with Gasteiger partial charge in [-0.15, -0.1) is 0 Å². The smallest absolute Gasteiger partial charge is 0.264 e. The van der Waals surface area contributed by atoms with E-state index in [0.29, 0.717) is 10.2 Å². The Morgan fingerprint density at radius 2 is 1.67 bits per heavy atom. The number of sulfonamides is 1. The van der Waals surface area contributed by atoms with Crippen LogP contribution in [0.5, 0.6) is 0 Å². The quantitative estimate of drug-likeness (QED) is 0.628. The molecule has 0 heterocycles. The molecule has 112 valence electrons. The van der Waals surface area contributed by atoms with Crippen molar-refractivity contribution in [1.82, 2.24) is 0 Å². The van der Waals surface area contributed by atoms with Gasteiger partial charge < -0.3 is 0 Å². The van der Waals surface area contributed by atoms with E-state index in [1.807, 2.05) is 6.07 Å². The fourth-order valence-electron chi connectivity index (χ4n) is 1.70. The van der Waals surface area contributed by atoms with Crippen LogP contribution in [0.4, 0.5) is 5.69 Å². The van der Waals surface area contributed by atoms with Crippen molar-refractivity contribution in [2.24, 2.45) is 0 Å². The molecular weight excluding hydrogens is 465 g/mol. The van der Waals surface area contributed by atoms with Crippen LogP contribution < -0.4 is 4.72 Å². The van der Waals surface area contributed by atoms with Crippen molar-refractivity contribution in [3.63, 3.8) is 0 Å². The molecule has 0 atom stereocenters. The molecular formula is C13H9Br2Cl2NO2S. The molecule has 3 nitrogen and oxygen atoms in total. The molecule has 21 heavy (non-hydrogen) atoms. The maximum Gasteiger partial charge on any atom is 0.264 e. The maximum atomic E-state index is 12.5. The Morgan fingerprint density at radius 3 is 2.24 bits per heavy atom. The zero-order valence-corrected chi connectivity index (χ0v) is 16.1. The molecule has 2 aromatic carbocycles. The maximum absolute atomic E-state index is 12.5. The minimum atomic E-state index is -3.89. The van der Waals surface area contributed by atoms with Gasteiger partial charge in [-0.2, -0.15) is 0 Å². The lowest BCUT2D eigenvalue weighted by atomic mass is 10.2. The third-order valence-electron chi connectivity index (χ3n) is 2.74. The summed E-state index contributed by atoms with van der Waals surface area (Å²) in [5.74, 6) is 0. The summed E-state index contributed by atoms with van der Waals surface area (Å²) in [6.45, 7) is 1.80. The van der Waals surface area contributed by atoms with Crippen LogP contribution in [0.1, 0.15) is 5.56 Å². The fourth-order valence-corrected chi connectivity index (χ4v) is 5.13. The molecule has 0 unspecified atom stereocenters. The van der Waals surface area contributed by atoms with Crippen molar-refractivity contribution >= 4 is 70.8 Å². The van der Waals surface area contributed by atoms with Crippen molar-refractivity contribution in [2.45, 2.75) is 11.8 Å². The summed E-state index contributed by atoms with van der Waals surface area (Å²) in [5, 5.41) is 0.101. The highest BCUT2D eigenvalue weighted by molar-refractivity contribution is 9.10. The molecule has 8 heteroatoms. The lowest BCUT2D eigenvalue weighted by molar-refractivity contribution is 0.601. The molecule has 2 aromatic rings. The number of nitrogens with one attached hydrogen (secondary N) is 1. The lowest BCUT2D eigenvalue weighted by Gasteiger charge is -2.13. The van der Waals surface area contributed by atoms with Crippen LogP contribution >= 0.6 is 55.1 Å². The molecule has 0 aliphatic heterocycles.